The lowest BCUT2D eigenvalue weighted by molar-refractivity contribution is -0.590. The SMILES string of the molecule is CC1(c2cccc(OP(=O)(O)O)c2)OOC12C1CC3CC(C1)CC2C3. The first-order valence-electron chi connectivity index (χ1n) is 9.03. The van der Waals surface area contributed by atoms with Gasteiger partial charge in [0, 0.05) is 0 Å². The summed E-state index contributed by atoms with van der Waals surface area (Å²) in [4.78, 5) is 29.8. The molecule has 5 aliphatic rings. The van der Waals surface area contributed by atoms with Crippen LogP contribution >= 0.6 is 7.82 Å². The molecule has 0 aromatic heterocycles. The minimum Gasteiger partial charge on any atom is -0.404 e. The van der Waals surface area contributed by atoms with Gasteiger partial charge in [-0.2, -0.15) is 0 Å². The summed E-state index contributed by atoms with van der Waals surface area (Å²) in [6.45, 7) is 2.05. The van der Waals surface area contributed by atoms with Crippen LogP contribution < -0.4 is 4.52 Å². The van der Waals surface area contributed by atoms with Crippen molar-refractivity contribution in [2.45, 2.75) is 50.2 Å². The molecule has 4 bridgehead atoms. The van der Waals surface area contributed by atoms with Crippen LogP contribution in [0.2, 0.25) is 0 Å². The lowest BCUT2D eigenvalue weighted by Crippen LogP contribution is -2.74. The minimum absolute atomic E-state index is 0.154. The van der Waals surface area contributed by atoms with Gasteiger partial charge < -0.3 is 4.52 Å². The van der Waals surface area contributed by atoms with E-state index in [0.717, 1.165) is 17.4 Å². The zero-order chi connectivity index (χ0) is 17.4. The first-order valence-corrected chi connectivity index (χ1v) is 10.6. The summed E-state index contributed by atoms with van der Waals surface area (Å²) in [5.74, 6) is 2.79. The quantitative estimate of drug-likeness (QED) is 0.629. The Morgan fingerprint density at radius 1 is 1.08 bits per heavy atom. The van der Waals surface area contributed by atoms with Crippen molar-refractivity contribution < 1.29 is 28.7 Å². The fourth-order valence-electron chi connectivity index (χ4n) is 6.32. The monoisotopic (exact) mass is 366 g/mol. The number of phosphoric acid groups is 1. The molecule has 1 spiro atoms. The highest BCUT2D eigenvalue weighted by Crippen LogP contribution is 2.69. The summed E-state index contributed by atoms with van der Waals surface area (Å²) in [5, 5.41) is 0. The van der Waals surface area contributed by atoms with Crippen molar-refractivity contribution in [3.63, 3.8) is 0 Å². The molecule has 1 saturated heterocycles. The van der Waals surface area contributed by atoms with Gasteiger partial charge in [0.05, 0.1) is 0 Å². The summed E-state index contributed by atoms with van der Waals surface area (Å²) in [6.07, 6.45) is 6.16. The Balaban J connectivity index is 1.52. The Morgan fingerprint density at radius 2 is 1.72 bits per heavy atom. The highest BCUT2D eigenvalue weighted by molar-refractivity contribution is 7.46. The first-order chi connectivity index (χ1) is 11.8. The summed E-state index contributed by atoms with van der Waals surface area (Å²) >= 11 is 0. The zero-order valence-electron chi connectivity index (χ0n) is 14.1. The molecule has 1 aliphatic heterocycles. The van der Waals surface area contributed by atoms with Crippen molar-refractivity contribution in [2.24, 2.45) is 23.7 Å². The topological polar surface area (TPSA) is 85.2 Å². The molecule has 6 nitrogen and oxygen atoms in total. The molecule has 5 fully saturated rings. The van der Waals surface area contributed by atoms with Gasteiger partial charge in [-0.15, -0.1) is 0 Å². The van der Waals surface area contributed by atoms with E-state index >= 15 is 0 Å². The smallest absolute Gasteiger partial charge is 0.404 e. The van der Waals surface area contributed by atoms with E-state index in [2.05, 4.69) is 6.92 Å². The fourth-order valence-corrected chi connectivity index (χ4v) is 6.71. The van der Waals surface area contributed by atoms with Crippen molar-refractivity contribution in [1.82, 2.24) is 0 Å². The molecule has 6 rings (SSSR count). The summed E-state index contributed by atoms with van der Waals surface area (Å²) in [6, 6.07) is 6.91. The predicted octanol–water partition coefficient (Wildman–Crippen LogP) is 3.53. The predicted molar refractivity (Wildman–Crippen MR) is 88.4 cm³/mol. The lowest BCUT2D eigenvalue weighted by Gasteiger charge is -2.69. The van der Waals surface area contributed by atoms with Gasteiger partial charge in [0.15, 0.2) is 5.60 Å². The van der Waals surface area contributed by atoms with E-state index in [0.29, 0.717) is 11.8 Å². The Kier molecular flexibility index (Phi) is 3.31. The van der Waals surface area contributed by atoms with Crippen molar-refractivity contribution in [3.8, 4) is 5.75 Å². The van der Waals surface area contributed by atoms with Crippen molar-refractivity contribution in [2.75, 3.05) is 0 Å². The Morgan fingerprint density at radius 3 is 2.24 bits per heavy atom. The molecule has 1 heterocycles. The second kappa shape index (κ2) is 5.08. The van der Waals surface area contributed by atoms with E-state index in [1.54, 1.807) is 18.2 Å². The maximum atomic E-state index is 11.2. The summed E-state index contributed by atoms with van der Waals surface area (Å²) in [5.41, 5.74) is -0.0670. The molecule has 136 valence electrons. The highest BCUT2D eigenvalue weighted by Gasteiger charge is 2.73. The molecular weight excluding hydrogens is 343 g/mol. The van der Waals surface area contributed by atoms with Crippen LogP contribution in [0.15, 0.2) is 24.3 Å². The van der Waals surface area contributed by atoms with Crippen molar-refractivity contribution in [3.05, 3.63) is 29.8 Å². The standard InChI is InChI=1S/C18H23O6P/c1-17(13-3-2-4-16(10-13)22-25(19,20)21)18(24-23-17)14-6-11-5-12(8-14)9-15(18)7-11/h2-4,10-12,14-15H,5-9H2,1H3,(H2,19,20,21). The number of phosphoric ester groups is 1. The van der Waals surface area contributed by atoms with E-state index in [-0.39, 0.29) is 11.4 Å². The third-order valence-electron chi connectivity index (χ3n) is 7.05. The van der Waals surface area contributed by atoms with Gasteiger partial charge in [-0.05, 0) is 80.4 Å². The second-order valence-electron chi connectivity index (χ2n) is 8.41. The van der Waals surface area contributed by atoms with E-state index in [1.807, 2.05) is 6.07 Å². The highest BCUT2D eigenvalue weighted by atomic mass is 31.2. The third-order valence-corrected chi connectivity index (χ3v) is 7.50. The Hall–Kier alpha value is -0.910. The molecule has 1 atom stereocenters. The van der Waals surface area contributed by atoms with Gasteiger partial charge in [-0.25, -0.2) is 14.3 Å². The molecule has 1 aromatic rings. The number of rotatable bonds is 3. The van der Waals surface area contributed by atoms with Crippen LogP contribution in [-0.2, 0) is 19.9 Å². The van der Waals surface area contributed by atoms with Gasteiger partial charge in [0.25, 0.3) is 0 Å². The van der Waals surface area contributed by atoms with Gasteiger partial charge in [0.1, 0.15) is 11.4 Å². The van der Waals surface area contributed by atoms with Crippen LogP contribution in [0.1, 0.15) is 44.6 Å². The van der Waals surface area contributed by atoms with Crippen LogP contribution in [0.3, 0.4) is 0 Å². The average molecular weight is 366 g/mol. The zero-order valence-corrected chi connectivity index (χ0v) is 15.0. The van der Waals surface area contributed by atoms with Gasteiger partial charge in [-0.3, -0.25) is 9.79 Å². The number of benzene rings is 1. The molecule has 0 amide bonds. The normalized spacial score (nSPS) is 44.8. The molecule has 1 aromatic carbocycles. The summed E-state index contributed by atoms with van der Waals surface area (Å²) < 4.78 is 15.9. The van der Waals surface area contributed by atoms with Crippen LogP contribution in [0.5, 0.6) is 5.75 Å². The maximum Gasteiger partial charge on any atom is 0.524 e. The fraction of sp³-hybridized carbons (Fsp3) is 0.667. The van der Waals surface area contributed by atoms with Gasteiger partial charge in [0.2, 0.25) is 0 Å². The molecule has 2 N–H and O–H groups in total. The van der Waals surface area contributed by atoms with Crippen LogP contribution in [0.25, 0.3) is 0 Å². The molecular formula is C18H23O6P. The largest absolute Gasteiger partial charge is 0.524 e. The average Bonchev–Trinajstić information content (AvgIpc) is 2.51. The van der Waals surface area contributed by atoms with E-state index in [4.69, 9.17) is 24.1 Å². The first kappa shape index (κ1) is 16.3. The van der Waals surface area contributed by atoms with Crippen LogP contribution in [-0.4, -0.2) is 15.4 Å². The summed E-state index contributed by atoms with van der Waals surface area (Å²) in [7, 11) is -4.58. The lowest BCUT2D eigenvalue weighted by atomic mass is 9.45. The maximum absolute atomic E-state index is 11.2. The van der Waals surface area contributed by atoms with E-state index < -0.39 is 13.4 Å². The molecule has 7 heteroatoms. The molecule has 4 saturated carbocycles. The van der Waals surface area contributed by atoms with E-state index in [9.17, 15) is 4.57 Å². The third kappa shape index (κ3) is 2.22. The number of hydrogen-bond acceptors (Lipinski definition) is 4. The molecule has 0 radical (unpaired) electrons. The van der Waals surface area contributed by atoms with Crippen LogP contribution in [0, 0.1) is 23.7 Å². The minimum atomic E-state index is -4.58. The van der Waals surface area contributed by atoms with Gasteiger partial charge >= 0.3 is 7.82 Å². The molecule has 1 unspecified atom stereocenters. The molecule has 4 aliphatic carbocycles. The van der Waals surface area contributed by atoms with Crippen molar-refractivity contribution in [1.29, 1.82) is 0 Å². The van der Waals surface area contributed by atoms with Crippen molar-refractivity contribution >= 4 is 7.82 Å². The Bertz CT molecular complexity index is 730. The second-order valence-corrected chi connectivity index (χ2v) is 9.57. The Labute approximate surface area is 146 Å². The van der Waals surface area contributed by atoms with Crippen LogP contribution in [0.4, 0.5) is 0 Å². The molecule has 25 heavy (non-hydrogen) atoms. The van der Waals surface area contributed by atoms with E-state index in [1.165, 1.54) is 32.1 Å². The van der Waals surface area contributed by atoms with Gasteiger partial charge in [-0.1, -0.05) is 12.1 Å². The number of hydrogen-bond donors (Lipinski definition) is 2.